The molecular weight excluding hydrogens is 164 g/mol. The molecule has 0 amide bonds. The first-order chi connectivity index (χ1) is 5.77. The molecule has 1 N–H and O–H groups in total. The molecule has 0 aromatic heterocycles. The number of hydrogen-bond acceptors (Lipinski definition) is 2. The maximum atomic E-state index is 9.74. The fourth-order valence-electron chi connectivity index (χ4n) is 1.64. The van der Waals surface area contributed by atoms with Crippen LogP contribution in [0.3, 0.4) is 0 Å². The smallest absolute Gasteiger partial charge is 0.220 e. The van der Waals surface area contributed by atoms with Gasteiger partial charge in [-0.05, 0) is 30.1 Å². The number of fused-ring (bicyclic) bond motifs is 1. The van der Waals surface area contributed by atoms with E-state index in [4.69, 9.17) is 4.74 Å². The molecule has 2 nitrogen and oxygen atoms in total. The lowest BCUT2D eigenvalue weighted by atomic mass is 9.81. The summed E-state index contributed by atoms with van der Waals surface area (Å²) in [5.41, 5.74) is 0.856. The molecule has 2 rings (SSSR count). The minimum Gasteiger partial charge on any atom is -0.360 e. The lowest BCUT2D eigenvalue weighted by Gasteiger charge is -2.23. The topological polar surface area (TPSA) is 32.8 Å². The van der Waals surface area contributed by atoms with Crippen molar-refractivity contribution in [3.63, 3.8) is 0 Å². The second-order valence-corrected chi connectivity index (χ2v) is 5.09. The van der Waals surface area contributed by atoms with Gasteiger partial charge in [0.25, 0.3) is 0 Å². The largest absolute Gasteiger partial charge is 0.360 e. The zero-order valence-corrected chi connectivity index (χ0v) is 8.59. The fraction of sp³-hybridized carbons (Fsp3) is 0.636. The van der Waals surface area contributed by atoms with Crippen molar-refractivity contribution < 1.29 is 9.84 Å². The van der Waals surface area contributed by atoms with Crippen molar-refractivity contribution in [2.45, 2.75) is 39.1 Å². The van der Waals surface area contributed by atoms with Crippen LogP contribution in [0.4, 0.5) is 0 Å². The zero-order valence-electron chi connectivity index (χ0n) is 8.59. The van der Waals surface area contributed by atoms with Crippen LogP contribution in [0, 0.1) is 5.41 Å². The molecule has 0 bridgehead atoms. The quantitative estimate of drug-likeness (QED) is 0.578. The molecule has 0 aromatic rings. The highest BCUT2D eigenvalue weighted by Gasteiger charge is 2.65. The molecule has 2 atom stereocenters. The van der Waals surface area contributed by atoms with Gasteiger partial charge in [-0.2, -0.15) is 0 Å². The normalized spacial score (nSPS) is 42.7. The Bertz CT molecular complexity index is 309. The maximum Gasteiger partial charge on any atom is 0.220 e. The molecular formula is C11H16O2. The van der Waals surface area contributed by atoms with Crippen LogP contribution in [0.1, 0.15) is 27.7 Å². The molecule has 2 heteroatoms. The lowest BCUT2D eigenvalue weighted by Crippen LogP contribution is -2.24. The monoisotopic (exact) mass is 180 g/mol. The summed E-state index contributed by atoms with van der Waals surface area (Å²) in [7, 11) is 0. The van der Waals surface area contributed by atoms with Crippen molar-refractivity contribution >= 4 is 0 Å². The molecule has 0 aromatic carbocycles. The summed E-state index contributed by atoms with van der Waals surface area (Å²) >= 11 is 0. The molecule has 1 aliphatic heterocycles. The molecule has 1 aliphatic carbocycles. The Morgan fingerprint density at radius 3 is 2.46 bits per heavy atom. The minimum absolute atomic E-state index is 0.118. The minimum atomic E-state index is -1.03. The van der Waals surface area contributed by atoms with E-state index < -0.39 is 11.4 Å². The van der Waals surface area contributed by atoms with E-state index in [0.29, 0.717) is 0 Å². The second kappa shape index (κ2) is 2.07. The highest BCUT2D eigenvalue weighted by molar-refractivity contribution is 5.41. The average molecular weight is 180 g/mol. The first-order valence-corrected chi connectivity index (χ1v) is 4.62. The molecule has 0 saturated carbocycles. The highest BCUT2D eigenvalue weighted by Crippen LogP contribution is 2.52. The van der Waals surface area contributed by atoms with E-state index in [1.54, 1.807) is 6.08 Å². The van der Waals surface area contributed by atoms with Crippen LogP contribution in [0.15, 0.2) is 23.8 Å². The van der Waals surface area contributed by atoms with Crippen LogP contribution < -0.4 is 0 Å². The van der Waals surface area contributed by atoms with Gasteiger partial charge in [-0.1, -0.05) is 26.8 Å². The van der Waals surface area contributed by atoms with Gasteiger partial charge in [0.2, 0.25) is 5.79 Å². The van der Waals surface area contributed by atoms with Gasteiger partial charge in [-0.15, -0.1) is 0 Å². The molecule has 72 valence electrons. The van der Waals surface area contributed by atoms with Crippen molar-refractivity contribution in [3.05, 3.63) is 23.8 Å². The van der Waals surface area contributed by atoms with Crippen molar-refractivity contribution in [2.75, 3.05) is 0 Å². The fourth-order valence-corrected chi connectivity index (χ4v) is 1.64. The van der Waals surface area contributed by atoms with E-state index in [9.17, 15) is 5.11 Å². The Balaban J connectivity index is 2.33. The van der Waals surface area contributed by atoms with Crippen molar-refractivity contribution in [1.82, 2.24) is 0 Å². The average Bonchev–Trinajstić information content (AvgIpc) is 2.49. The van der Waals surface area contributed by atoms with Gasteiger partial charge in [0.15, 0.2) is 0 Å². The molecule has 0 spiro atoms. The van der Waals surface area contributed by atoms with Crippen LogP contribution in [-0.2, 0) is 4.74 Å². The van der Waals surface area contributed by atoms with E-state index in [2.05, 4.69) is 20.8 Å². The van der Waals surface area contributed by atoms with Crippen LogP contribution >= 0.6 is 0 Å². The van der Waals surface area contributed by atoms with E-state index in [-0.39, 0.29) is 5.41 Å². The number of aliphatic hydroxyl groups is 1. The third kappa shape index (κ3) is 1.17. The first kappa shape index (κ1) is 8.97. The van der Waals surface area contributed by atoms with Gasteiger partial charge in [-0.3, -0.25) is 0 Å². The van der Waals surface area contributed by atoms with Gasteiger partial charge >= 0.3 is 0 Å². The van der Waals surface area contributed by atoms with Crippen molar-refractivity contribution in [3.8, 4) is 0 Å². The van der Waals surface area contributed by atoms with Crippen molar-refractivity contribution in [2.24, 2.45) is 5.41 Å². The van der Waals surface area contributed by atoms with E-state index >= 15 is 0 Å². The number of epoxide rings is 1. The molecule has 1 heterocycles. The number of hydrogen-bond donors (Lipinski definition) is 1. The van der Waals surface area contributed by atoms with Crippen molar-refractivity contribution in [1.29, 1.82) is 0 Å². The third-order valence-electron chi connectivity index (χ3n) is 2.82. The van der Waals surface area contributed by atoms with Gasteiger partial charge in [-0.25, -0.2) is 0 Å². The van der Waals surface area contributed by atoms with Crippen LogP contribution in [0.25, 0.3) is 0 Å². The second-order valence-electron chi connectivity index (χ2n) is 5.09. The number of rotatable bonds is 0. The predicted octanol–water partition coefficient (Wildman–Crippen LogP) is 2.01. The molecule has 13 heavy (non-hydrogen) atoms. The van der Waals surface area contributed by atoms with Crippen LogP contribution in [0.2, 0.25) is 0 Å². The molecule has 2 unspecified atom stereocenters. The van der Waals surface area contributed by atoms with Crippen LogP contribution in [0.5, 0.6) is 0 Å². The van der Waals surface area contributed by atoms with E-state index in [1.807, 2.05) is 19.1 Å². The summed E-state index contributed by atoms with van der Waals surface area (Å²) in [5.74, 6) is -1.03. The first-order valence-electron chi connectivity index (χ1n) is 4.62. The summed E-state index contributed by atoms with van der Waals surface area (Å²) in [6, 6.07) is 0. The third-order valence-corrected chi connectivity index (χ3v) is 2.82. The Morgan fingerprint density at radius 2 is 2.00 bits per heavy atom. The maximum absolute atomic E-state index is 9.74. The van der Waals surface area contributed by atoms with Crippen LogP contribution in [-0.4, -0.2) is 16.5 Å². The summed E-state index contributed by atoms with van der Waals surface area (Å²) in [5, 5.41) is 9.74. The molecule has 0 radical (unpaired) electrons. The van der Waals surface area contributed by atoms with Gasteiger partial charge in [0, 0.05) is 0 Å². The molecule has 2 aliphatic rings. The SMILES string of the molecule is CC(C)(C)C1=CC2(C)OC2(O)C=C1. The summed E-state index contributed by atoms with van der Waals surface area (Å²) in [4.78, 5) is 0. The number of allylic oxidation sites excluding steroid dienone is 2. The summed E-state index contributed by atoms with van der Waals surface area (Å²) in [6.45, 7) is 8.36. The summed E-state index contributed by atoms with van der Waals surface area (Å²) in [6.07, 6.45) is 5.72. The standard InChI is InChI=1S/C11H16O2/c1-9(2,3)8-5-6-11(12)10(4,7-8)13-11/h5-7,12H,1-4H3. The van der Waals surface area contributed by atoms with E-state index in [1.165, 1.54) is 5.57 Å². The Morgan fingerprint density at radius 1 is 1.38 bits per heavy atom. The molecule has 1 fully saturated rings. The number of ether oxygens (including phenoxy) is 1. The molecule has 1 saturated heterocycles. The Hall–Kier alpha value is -0.600. The summed E-state index contributed by atoms with van der Waals surface area (Å²) < 4.78 is 5.27. The lowest BCUT2D eigenvalue weighted by molar-refractivity contribution is 0.0824. The Kier molecular flexibility index (Phi) is 1.43. The van der Waals surface area contributed by atoms with Gasteiger partial charge in [0.1, 0.15) is 5.60 Å². The predicted molar refractivity (Wildman–Crippen MR) is 51.1 cm³/mol. The highest BCUT2D eigenvalue weighted by atomic mass is 16.7. The van der Waals surface area contributed by atoms with Gasteiger partial charge in [0.05, 0.1) is 0 Å². The zero-order chi connectivity index (χ0) is 9.91. The van der Waals surface area contributed by atoms with Gasteiger partial charge < -0.3 is 9.84 Å². The van der Waals surface area contributed by atoms with E-state index in [0.717, 1.165) is 0 Å². The Labute approximate surface area is 78.9 Å².